The zero-order chi connectivity index (χ0) is 27.2. The van der Waals surface area contributed by atoms with Crippen molar-refractivity contribution >= 4 is 53.4 Å². The van der Waals surface area contributed by atoms with E-state index in [1.54, 1.807) is 51.1 Å². The van der Waals surface area contributed by atoms with Crippen LogP contribution in [-0.2, 0) is 14.3 Å². The Morgan fingerprint density at radius 3 is 2.57 bits per heavy atom. The van der Waals surface area contributed by atoms with Crippen LogP contribution in [-0.4, -0.2) is 58.8 Å². The number of benzene rings is 1. The number of alkyl carbamates (subject to hydrolysis) is 1. The molecule has 0 radical (unpaired) electrons. The summed E-state index contributed by atoms with van der Waals surface area (Å²) in [7, 11) is 0. The molecular weight excluding hydrogens is 523 g/mol. The van der Waals surface area contributed by atoms with Crippen molar-refractivity contribution in [3.8, 4) is 11.3 Å². The van der Waals surface area contributed by atoms with Gasteiger partial charge in [0.1, 0.15) is 23.7 Å². The van der Waals surface area contributed by atoms with Crippen LogP contribution in [0.3, 0.4) is 0 Å². The van der Waals surface area contributed by atoms with Crippen molar-refractivity contribution in [1.29, 1.82) is 0 Å². The van der Waals surface area contributed by atoms with Gasteiger partial charge in [0, 0.05) is 18.5 Å². The Morgan fingerprint density at radius 2 is 1.86 bits per heavy atom. The highest BCUT2D eigenvalue weighted by molar-refractivity contribution is 6.42. The average molecular weight is 551 g/mol. The first-order valence-electron chi connectivity index (χ1n) is 11.7. The first kappa shape index (κ1) is 28.2. The van der Waals surface area contributed by atoms with Gasteiger partial charge in [0.25, 0.3) is 5.91 Å². The maximum Gasteiger partial charge on any atom is 0.407 e. The van der Waals surface area contributed by atoms with Crippen LogP contribution in [0.2, 0.25) is 10.0 Å². The summed E-state index contributed by atoms with van der Waals surface area (Å²) in [6.45, 7) is 5.38. The van der Waals surface area contributed by atoms with E-state index < -0.39 is 29.5 Å². The Hall–Kier alpha value is -3.37. The Morgan fingerprint density at radius 1 is 1.11 bits per heavy atom. The SMILES string of the molecule is CC(C)(C)OC(=O)NCCCCCC(=O)N1C(=O)CN(N=Cc2ccc(-c3ccc(Cl)c(Cl)c3)o2)C1=O. The lowest BCUT2D eigenvalue weighted by Crippen LogP contribution is -2.37. The molecule has 0 unspecified atom stereocenters. The minimum Gasteiger partial charge on any atom is -0.455 e. The van der Waals surface area contributed by atoms with Gasteiger partial charge in [0.2, 0.25) is 5.91 Å². The highest BCUT2D eigenvalue weighted by atomic mass is 35.5. The number of hydrogen-bond donors (Lipinski definition) is 1. The van der Waals surface area contributed by atoms with Gasteiger partial charge < -0.3 is 14.5 Å². The summed E-state index contributed by atoms with van der Waals surface area (Å²) in [6, 6.07) is 7.59. The number of halogens is 2. The number of urea groups is 1. The minimum absolute atomic E-state index is 0.0205. The predicted molar refractivity (Wildman–Crippen MR) is 138 cm³/mol. The van der Waals surface area contributed by atoms with Crippen LogP contribution in [0.1, 0.15) is 52.2 Å². The zero-order valence-electron chi connectivity index (χ0n) is 20.8. The topological polar surface area (TPSA) is 122 Å². The highest BCUT2D eigenvalue weighted by Crippen LogP contribution is 2.29. The standard InChI is InChI=1S/C25H28Cl2N4O6/c1-25(2,3)37-23(34)28-12-6-4-5-7-21(32)31-22(33)15-30(24(31)35)29-14-17-9-11-20(36-17)16-8-10-18(26)19(27)13-16/h8-11,13-14H,4-7,12,15H2,1-3H3,(H,28,34). The van der Waals surface area contributed by atoms with Crippen LogP contribution < -0.4 is 5.32 Å². The number of ether oxygens (including phenoxy) is 1. The third-order valence-corrected chi connectivity index (χ3v) is 5.83. The van der Waals surface area contributed by atoms with Gasteiger partial charge in [0.15, 0.2) is 0 Å². The molecule has 2 heterocycles. The number of nitrogens with zero attached hydrogens (tertiary/aromatic N) is 3. The molecule has 1 aromatic heterocycles. The average Bonchev–Trinajstić information content (AvgIpc) is 3.39. The molecule has 198 valence electrons. The van der Waals surface area contributed by atoms with Crippen molar-refractivity contribution < 1.29 is 28.3 Å². The number of imide groups is 3. The summed E-state index contributed by atoms with van der Waals surface area (Å²) in [4.78, 5) is 49.6. The number of unbranched alkanes of at least 4 members (excludes halogenated alkanes) is 2. The Labute approximate surface area is 224 Å². The molecule has 2 aromatic rings. The molecule has 0 aliphatic carbocycles. The summed E-state index contributed by atoms with van der Waals surface area (Å²) in [5.41, 5.74) is 0.134. The molecule has 0 atom stereocenters. The van der Waals surface area contributed by atoms with Gasteiger partial charge in [-0.3, -0.25) is 9.59 Å². The predicted octanol–water partition coefficient (Wildman–Crippen LogP) is 5.46. The van der Waals surface area contributed by atoms with Gasteiger partial charge in [-0.1, -0.05) is 29.6 Å². The summed E-state index contributed by atoms with van der Waals surface area (Å²) in [5.74, 6) is -0.379. The molecule has 0 saturated carbocycles. The number of carbonyl (C=O) groups is 4. The lowest BCUT2D eigenvalue weighted by molar-refractivity contribution is -0.138. The first-order chi connectivity index (χ1) is 17.4. The second-order valence-corrected chi connectivity index (χ2v) is 10.1. The number of nitrogens with one attached hydrogen (secondary N) is 1. The Bertz CT molecular complexity index is 1200. The number of furan rings is 1. The van der Waals surface area contributed by atoms with Crippen LogP contribution in [0.25, 0.3) is 11.3 Å². The zero-order valence-corrected chi connectivity index (χ0v) is 22.3. The second-order valence-electron chi connectivity index (χ2n) is 9.28. The van der Waals surface area contributed by atoms with Crippen LogP contribution in [0.15, 0.2) is 39.9 Å². The van der Waals surface area contributed by atoms with Crippen LogP contribution >= 0.6 is 23.2 Å². The van der Waals surface area contributed by atoms with Crippen LogP contribution in [0.4, 0.5) is 9.59 Å². The van der Waals surface area contributed by atoms with E-state index in [-0.39, 0.29) is 13.0 Å². The summed E-state index contributed by atoms with van der Waals surface area (Å²) in [6.07, 6.45) is 2.51. The van der Waals surface area contributed by atoms with E-state index in [1.807, 2.05) is 0 Å². The Balaban J connectivity index is 1.45. The molecule has 3 rings (SSSR count). The quantitative estimate of drug-likeness (QED) is 0.251. The van der Waals surface area contributed by atoms with E-state index >= 15 is 0 Å². The number of rotatable bonds is 9. The van der Waals surface area contributed by atoms with Crippen molar-refractivity contribution in [3.05, 3.63) is 46.1 Å². The molecule has 0 spiro atoms. The smallest absolute Gasteiger partial charge is 0.407 e. The van der Waals surface area contributed by atoms with Gasteiger partial charge in [-0.15, -0.1) is 0 Å². The molecule has 12 heteroatoms. The third kappa shape index (κ3) is 8.06. The number of amides is 5. The van der Waals surface area contributed by atoms with Crippen molar-refractivity contribution in [2.24, 2.45) is 5.10 Å². The highest BCUT2D eigenvalue weighted by Gasteiger charge is 2.40. The molecule has 1 N–H and O–H groups in total. The fourth-order valence-electron chi connectivity index (χ4n) is 3.37. The molecule has 1 aliphatic rings. The summed E-state index contributed by atoms with van der Waals surface area (Å²) >= 11 is 12.0. The molecule has 10 nitrogen and oxygen atoms in total. The Kier molecular flexibility index (Phi) is 9.34. The van der Waals surface area contributed by atoms with Crippen LogP contribution in [0, 0.1) is 0 Å². The largest absolute Gasteiger partial charge is 0.455 e. The maximum atomic E-state index is 12.6. The number of hydrazone groups is 1. The van der Waals surface area contributed by atoms with Crippen molar-refractivity contribution in [3.63, 3.8) is 0 Å². The second kappa shape index (κ2) is 12.2. The van der Waals surface area contributed by atoms with E-state index in [0.29, 0.717) is 57.8 Å². The molecule has 5 amide bonds. The van der Waals surface area contributed by atoms with Gasteiger partial charge in [-0.2, -0.15) is 10.0 Å². The number of carbonyl (C=O) groups excluding carboxylic acids is 4. The van der Waals surface area contributed by atoms with Crippen LogP contribution in [0.5, 0.6) is 0 Å². The van der Waals surface area contributed by atoms with Gasteiger partial charge in [0.05, 0.1) is 16.3 Å². The first-order valence-corrected chi connectivity index (χ1v) is 12.4. The molecule has 1 saturated heterocycles. The third-order valence-electron chi connectivity index (χ3n) is 5.09. The molecular formula is C25H28Cl2N4O6. The summed E-state index contributed by atoms with van der Waals surface area (Å²) in [5, 5.41) is 8.36. The fraction of sp³-hybridized carbons (Fsp3) is 0.400. The van der Waals surface area contributed by atoms with E-state index in [9.17, 15) is 19.2 Å². The molecule has 1 aromatic carbocycles. The van der Waals surface area contributed by atoms with Gasteiger partial charge >= 0.3 is 12.1 Å². The minimum atomic E-state index is -0.811. The molecule has 0 bridgehead atoms. The molecule has 1 fully saturated rings. The van der Waals surface area contributed by atoms with E-state index in [0.717, 1.165) is 5.01 Å². The van der Waals surface area contributed by atoms with E-state index in [4.69, 9.17) is 32.4 Å². The van der Waals surface area contributed by atoms with Crippen molar-refractivity contribution in [1.82, 2.24) is 15.2 Å². The number of hydrogen-bond acceptors (Lipinski definition) is 7. The maximum absolute atomic E-state index is 12.6. The van der Waals surface area contributed by atoms with E-state index in [1.165, 1.54) is 6.21 Å². The van der Waals surface area contributed by atoms with Crippen molar-refractivity contribution in [2.75, 3.05) is 13.1 Å². The summed E-state index contributed by atoms with van der Waals surface area (Å²) < 4.78 is 10.8. The lowest BCUT2D eigenvalue weighted by atomic mass is 10.2. The molecule has 1 aliphatic heterocycles. The lowest BCUT2D eigenvalue weighted by Gasteiger charge is -2.19. The van der Waals surface area contributed by atoms with Gasteiger partial charge in [-0.05, 0) is 63.9 Å². The van der Waals surface area contributed by atoms with Crippen molar-refractivity contribution in [2.45, 2.75) is 52.1 Å². The normalized spacial score (nSPS) is 14.1. The van der Waals surface area contributed by atoms with Gasteiger partial charge in [-0.25, -0.2) is 14.6 Å². The fourth-order valence-corrected chi connectivity index (χ4v) is 3.67. The van der Waals surface area contributed by atoms with E-state index in [2.05, 4.69) is 10.4 Å². The monoisotopic (exact) mass is 550 g/mol. The molecule has 37 heavy (non-hydrogen) atoms.